The zero-order chi connectivity index (χ0) is 24.4. The molecule has 0 unspecified atom stereocenters. The molecule has 33 heavy (non-hydrogen) atoms. The van der Waals surface area contributed by atoms with Crippen LogP contribution in [0.5, 0.6) is 0 Å². The number of anilines is 1. The summed E-state index contributed by atoms with van der Waals surface area (Å²) in [5.74, 6) is -2.52. The van der Waals surface area contributed by atoms with Crippen molar-refractivity contribution in [2.45, 2.75) is 31.5 Å². The summed E-state index contributed by atoms with van der Waals surface area (Å²) in [6, 6.07) is 8.89. The number of hydrogen-bond donors (Lipinski definition) is 1. The summed E-state index contributed by atoms with van der Waals surface area (Å²) in [7, 11) is 1.21. The largest absolute Gasteiger partial charge is 0.469 e. The summed E-state index contributed by atoms with van der Waals surface area (Å²) < 4.78 is 52.7. The van der Waals surface area contributed by atoms with Crippen molar-refractivity contribution in [1.29, 1.82) is 0 Å². The Morgan fingerprint density at radius 3 is 2.39 bits per heavy atom. The Balaban J connectivity index is 2.02. The molecule has 1 aliphatic rings. The van der Waals surface area contributed by atoms with E-state index in [1.807, 2.05) is 0 Å². The lowest BCUT2D eigenvalue weighted by Gasteiger charge is -2.32. The number of carbonyl (C=O) groups excluding carboxylic acids is 3. The molecule has 1 atom stereocenters. The summed E-state index contributed by atoms with van der Waals surface area (Å²) in [6.45, 7) is 1.66. The molecule has 6 nitrogen and oxygen atoms in total. The molecule has 10 heteroatoms. The van der Waals surface area contributed by atoms with Crippen molar-refractivity contribution in [2.24, 2.45) is 0 Å². The fourth-order valence-electron chi connectivity index (χ4n) is 3.43. The number of benzene rings is 2. The number of ketones is 1. The van der Waals surface area contributed by atoms with E-state index >= 15 is 0 Å². The Morgan fingerprint density at radius 1 is 1.18 bits per heavy atom. The van der Waals surface area contributed by atoms with E-state index in [0.29, 0.717) is 6.42 Å². The molecule has 174 valence electrons. The molecule has 0 saturated carbocycles. The first-order valence-corrected chi connectivity index (χ1v) is 10.2. The molecule has 1 heterocycles. The quantitative estimate of drug-likeness (QED) is 0.455. The van der Waals surface area contributed by atoms with Gasteiger partial charge in [-0.2, -0.15) is 13.2 Å². The standard InChI is InChI=1S/C23H19ClF3NO5/c1-3-4-19-18(29)12-22(33-19,23(25,26)27)16-11-15(24)9-10-17(16)28-20(30)13-5-7-14(8-6-13)21(31)32-2/h4-11H,3,12H2,1-2H3,(H,28,30)/b19-4-/t22-/m0/s1. The lowest BCUT2D eigenvalue weighted by atomic mass is 9.88. The number of carbonyl (C=O) groups is 3. The lowest BCUT2D eigenvalue weighted by molar-refractivity contribution is -0.261. The highest BCUT2D eigenvalue weighted by Gasteiger charge is 2.64. The predicted octanol–water partition coefficient (Wildman–Crippen LogP) is 5.42. The Bertz CT molecular complexity index is 1130. The van der Waals surface area contributed by atoms with Crippen LogP contribution in [0.2, 0.25) is 5.02 Å². The van der Waals surface area contributed by atoms with Gasteiger partial charge in [0.1, 0.15) is 0 Å². The number of hydrogen-bond acceptors (Lipinski definition) is 5. The van der Waals surface area contributed by atoms with Crippen molar-refractivity contribution in [3.05, 3.63) is 76.0 Å². The Morgan fingerprint density at radius 2 is 1.82 bits per heavy atom. The van der Waals surface area contributed by atoms with Crippen molar-refractivity contribution in [1.82, 2.24) is 0 Å². The second kappa shape index (κ2) is 9.27. The van der Waals surface area contributed by atoms with Gasteiger partial charge in [0, 0.05) is 21.8 Å². The molecule has 1 fully saturated rings. The van der Waals surface area contributed by atoms with E-state index in [1.165, 1.54) is 49.6 Å². The number of halogens is 4. The average molecular weight is 482 g/mol. The second-order valence-corrected chi connectivity index (χ2v) is 7.65. The van der Waals surface area contributed by atoms with Crippen LogP contribution in [0.25, 0.3) is 0 Å². The van der Waals surface area contributed by atoms with E-state index in [9.17, 15) is 27.6 Å². The molecule has 0 bridgehead atoms. The van der Waals surface area contributed by atoms with Crippen LogP contribution in [0.1, 0.15) is 46.0 Å². The molecule has 3 rings (SSSR count). The molecule has 1 amide bonds. The molecular weight excluding hydrogens is 463 g/mol. The summed E-state index contributed by atoms with van der Waals surface area (Å²) in [5.41, 5.74) is -3.43. The summed E-state index contributed by atoms with van der Waals surface area (Å²) in [5, 5.41) is 2.40. The van der Waals surface area contributed by atoms with Crippen LogP contribution in [-0.4, -0.2) is 30.9 Å². The van der Waals surface area contributed by atoms with E-state index < -0.39 is 41.4 Å². The highest BCUT2D eigenvalue weighted by atomic mass is 35.5. The molecule has 2 aromatic rings. The summed E-state index contributed by atoms with van der Waals surface area (Å²) in [6.07, 6.45) is -4.39. The maximum atomic E-state index is 14.3. The van der Waals surface area contributed by atoms with Gasteiger partial charge >= 0.3 is 12.1 Å². The van der Waals surface area contributed by atoms with Gasteiger partial charge < -0.3 is 14.8 Å². The van der Waals surface area contributed by atoms with E-state index in [4.69, 9.17) is 16.3 Å². The molecule has 2 aromatic carbocycles. The number of ether oxygens (including phenoxy) is 2. The zero-order valence-electron chi connectivity index (χ0n) is 17.6. The van der Waals surface area contributed by atoms with Gasteiger partial charge in [-0.25, -0.2) is 4.79 Å². The molecule has 0 aliphatic carbocycles. The van der Waals surface area contributed by atoms with Gasteiger partial charge in [0.05, 0.1) is 19.1 Å². The highest BCUT2D eigenvalue weighted by Crippen LogP contribution is 2.53. The van der Waals surface area contributed by atoms with Gasteiger partial charge in [-0.3, -0.25) is 9.59 Å². The van der Waals surface area contributed by atoms with E-state index in [1.54, 1.807) is 6.92 Å². The summed E-state index contributed by atoms with van der Waals surface area (Å²) in [4.78, 5) is 36.6. The molecule has 0 aromatic heterocycles. The van der Waals surface area contributed by atoms with Gasteiger partial charge in [0.2, 0.25) is 11.4 Å². The number of nitrogens with one attached hydrogen (secondary N) is 1. The van der Waals surface area contributed by atoms with Gasteiger partial charge in [-0.05, 0) is 55.0 Å². The van der Waals surface area contributed by atoms with Crippen molar-refractivity contribution >= 4 is 34.9 Å². The van der Waals surface area contributed by atoms with E-state index in [0.717, 1.165) is 6.07 Å². The minimum absolute atomic E-state index is 0.0296. The first-order chi connectivity index (χ1) is 15.5. The van der Waals surface area contributed by atoms with Crippen LogP contribution < -0.4 is 5.32 Å². The topological polar surface area (TPSA) is 81.7 Å². The third-order valence-corrected chi connectivity index (χ3v) is 5.28. The fraction of sp³-hybridized carbons (Fsp3) is 0.261. The first kappa shape index (κ1) is 24.3. The van der Waals surface area contributed by atoms with Crippen molar-refractivity contribution in [2.75, 3.05) is 12.4 Å². The zero-order valence-corrected chi connectivity index (χ0v) is 18.3. The van der Waals surface area contributed by atoms with Crippen LogP contribution in [0.15, 0.2) is 54.3 Å². The normalized spacial score (nSPS) is 19.3. The van der Waals surface area contributed by atoms with Crippen LogP contribution >= 0.6 is 11.6 Å². The van der Waals surface area contributed by atoms with Crippen molar-refractivity contribution in [3.63, 3.8) is 0 Å². The highest BCUT2D eigenvalue weighted by molar-refractivity contribution is 6.30. The molecule has 0 radical (unpaired) electrons. The number of Topliss-reactive ketones (excluding diaryl/α,β-unsaturated/α-hetero) is 1. The smallest absolute Gasteiger partial charge is 0.433 e. The third kappa shape index (κ3) is 4.73. The second-order valence-electron chi connectivity index (χ2n) is 7.22. The van der Waals surface area contributed by atoms with Crippen molar-refractivity contribution in [3.8, 4) is 0 Å². The number of esters is 1. The minimum Gasteiger partial charge on any atom is -0.469 e. The Hall–Kier alpha value is -3.33. The van der Waals surface area contributed by atoms with Gasteiger partial charge in [0.25, 0.3) is 5.91 Å². The SMILES string of the molecule is CC/C=C1\O[C@@](c2cc(Cl)ccc2NC(=O)c2ccc(C(=O)OC)cc2)(C(F)(F)F)CC1=O. The monoisotopic (exact) mass is 481 g/mol. The maximum absolute atomic E-state index is 14.3. The van der Waals surface area contributed by atoms with Gasteiger partial charge in [-0.1, -0.05) is 18.5 Å². The third-order valence-electron chi connectivity index (χ3n) is 5.05. The minimum atomic E-state index is -4.99. The first-order valence-electron chi connectivity index (χ1n) is 9.81. The van der Waals surface area contributed by atoms with Crippen LogP contribution in [0.4, 0.5) is 18.9 Å². The molecule has 1 N–H and O–H groups in total. The van der Waals surface area contributed by atoms with Crippen LogP contribution in [0, 0.1) is 0 Å². The van der Waals surface area contributed by atoms with Crippen LogP contribution in [0.3, 0.4) is 0 Å². The van der Waals surface area contributed by atoms with Crippen LogP contribution in [-0.2, 0) is 19.9 Å². The van der Waals surface area contributed by atoms with Crippen molar-refractivity contribution < 1.29 is 37.0 Å². The molecular formula is C23H19ClF3NO5. The lowest BCUT2D eigenvalue weighted by Crippen LogP contribution is -2.42. The molecule has 0 spiro atoms. The number of methoxy groups -OCH3 is 1. The Kier molecular flexibility index (Phi) is 6.83. The number of allylic oxidation sites excluding steroid dienone is 2. The Labute approximate surface area is 192 Å². The summed E-state index contributed by atoms with van der Waals surface area (Å²) >= 11 is 5.98. The average Bonchev–Trinajstić information content (AvgIpc) is 3.12. The van der Waals surface area contributed by atoms with E-state index in [-0.39, 0.29) is 27.6 Å². The van der Waals surface area contributed by atoms with Gasteiger partial charge in [-0.15, -0.1) is 0 Å². The predicted molar refractivity (Wildman–Crippen MR) is 114 cm³/mol. The number of amides is 1. The number of alkyl halides is 3. The fourth-order valence-corrected chi connectivity index (χ4v) is 3.60. The number of rotatable bonds is 5. The van der Waals surface area contributed by atoms with E-state index in [2.05, 4.69) is 10.1 Å². The molecule has 1 aliphatic heterocycles. The van der Waals surface area contributed by atoms with Gasteiger partial charge in [0.15, 0.2) is 5.76 Å². The molecule has 1 saturated heterocycles. The maximum Gasteiger partial charge on any atom is 0.433 e.